The number of benzene rings is 1. The summed E-state index contributed by atoms with van der Waals surface area (Å²) in [5, 5.41) is 0. The number of hydrogen-bond donors (Lipinski definition) is 0. The smallest absolute Gasteiger partial charge is 0.225 e. The van der Waals surface area contributed by atoms with E-state index in [1.165, 1.54) is 5.56 Å². The van der Waals surface area contributed by atoms with Crippen LogP contribution in [0.15, 0.2) is 30.3 Å². The normalized spacial score (nSPS) is 18.0. The van der Waals surface area contributed by atoms with E-state index >= 15 is 0 Å². The molecule has 3 heteroatoms. The van der Waals surface area contributed by atoms with Crippen LogP contribution in [-0.2, 0) is 16.0 Å². The molecule has 0 saturated carbocycles. The Kier molecular flexibility index (Phi) is 5.60. The Morgan fingerprint density at radius 3 is 2.55 bits per heavy atom. The lowest BCUT2D eigenvalue weighted by Crippen LogP contribution is -2.40. The Bertz CT molecular complexity index is 410. The predicted molar refractivity (Wildman–Crippen MR) is 80.5 cm³/mol. The van der Waals surface area contributed by atoms with Crippen molar-refractivity contribution >= 4 is 5.91 Å². The van der Waals surface area contributed by atoms with Crippen molar-refractivity contribution in [2.75, 3.05) is 20.2 Å². The summed E-state index contributed by atoms with van der Waals surface area (Å²) in [4.78, 5) is 14.1. The van der Waals surface area contributed by atoms with Crippen LogP contribution in [0.3, 0.4) is 0 Å². The summed E-state index contributed by atoms with van der Waals surface area (Å²) in [5.41, 5.74) is 1.41. The van der Waals surface area contributed by atoms with Gasteiger partial charge in [-0.05, 0) is 37.7 Å². The predicted octanol–water partition coefficient (Wildman–Crippen LogP) is 2.89. The van der Waals surface area contributed by atoms with Crippen molar-refractivity contribution in [1.29, 1.82) is 0 Å². The number of piperidine rings is 1. The van der Waals surface area contributed by atoms with Crippen LogP contribution in [0.1, 0.15) is 31.7 Å². The summed E-state index contributed by atoms with van der Waals surface area (Å²) in [7, 11) is 1.66. The molecular weight excluding hydrogens is 250 g/mol. The third-order valence-corrected chi connectivity index (χ3v) is 4.20. The van der Waals surface area contributed by atoms with Crippen molar-refractivity contribution in [3.8, 4) is 0 Å². The molecule has 1 heterocycles. The number of hydrogen-bond acceptors (Lipinski definition) is 2. The van der Waals surface area contributed by atoms with Crippen LogP contribution in [-0.4, -0.2) is 37.1 Å². The molecule has 110 valence electrons. The Labute approximate surface area is 121 Å². The van der Waals surface area contributed by atoms with Gasteiger partial charge in [0.2, 0.25) is 5.91 Å². The molecule has 0 aliphatic carbocycles. The fraction of sp³-hybridized carbons (Fsp3) is 0.588. The summed E-state index contributed by atoms with van der Waals surface area (Å²) < 4.78 is 5.16. The van der Waals surface area contributed by atoms with Crippen molar-refractivity contribution in [3.05, 3.63) is 35.9 Å². The van der Waals surface area contributed by atoms with Gasteiger partial charge >= 0.3 is 0 Å². The van der Waals surface area contributed by atoms with Gasteiger partial charge < -0.3 is 9.64 Å². The zero-order valence-corrected chi connectivity index (χ0v) is 12.5. The highest BCUT2D eigenvalue weighted by molar-refractivity contribution is 5.76. The lowest BCUT2D eigenvalue weighted by atomic mass is 9.90. The molecule has 0 spiro atoms. The lowest BCUT2D eigenvalue weighted by Gasteiger charge is -2.32. The number of carbonyl (C=O) groups is 1. The Balaban J connectivity index is 1.76. The number of nitrogens with zero attached hydrogens (tertiary/aromatic N) is 1. The molecule has 1 atom stereocenters. The van der Waals surface area contributed by atoms with E-state index in [1.807, 2.05) is 11.8 Å². The molecule has 1 fully saturated rings. The standard InChI is InChI=1S/C17H25NO2/c1-14(20-2)12-17(19)18-10-8-16(9-11-18)13-15-6-4-3-5-7-15/h3-7,14,16H,8-13H2,1-2H3/t14-/m0/s1. The fourth-order valence-corrected chi connectivity index (χ4v) is 2.79. The average molecular weight is 275 g/mol. The van der Waals surface area contributed by atoms with Crippen LogP contribution in [0.2, 0.25) is 0 Å². The van der Waals surface area contributed by atoms with Crippen molar-refractivity contribution in [2.24, 2.45) is 5.92 Å². The monoisotopic (exact) mass is 275 g/mol. The maximum atomic E-state index is 12.1. The number of methoxy groups -OCH3 is 1. The molecule has 0 N–H and O–H groups in total. The van der Waals surface area contributed by atoms with Crippen LogP contribution < -0.4 is 0 Å². The van der Waals surface area contributed by atoms with Gasteiger partial charge in [0.05, 0.1) is 12.5 Å². The van der Waals surface area contributed by atoms with Gasteiger partial charge in [0, 0.05) is 20.2 Å². The number of likely N-dealkylation sites (tertiary alicyclic amines) is 1. The van der Waals surface area contributed by atoms with E-state index in [2.05, 4.69) is 30.3 Å². The highest BCUT2D eigenvalue weighted by atomic mass is 16.5. The van der Waals surface area contributed by atoms with Gasteiger partial charge in [0.15, 0.2) is 0 Å². The van der Waals surface area contributed by atoms with E-state index in [9.17, 15) is 4.79 Å². The number of ether oxygens (including phenoxy) is 1. The zero-order valence-electron chi connectivity index (χ0n) is 12.5. The van der Waals surface area contributed by atoms with Gasteiger partial charge in [0.1, 0.15) is 0 Å². The van der Waals surface area contributed by atoms with Crippen molar-refractivity contribution in [3.63, 3.8) is 0 Å². The number of rotatable bonds is 5. The molecule has 1 aliphatic heterocycles. The second-order valence-corrected chi connectivity index (χ2v) is 5.76. The fourth-order valence-electron chi connectivity index (χ4n) is 2.79. The molecule has 0 radical (unpaired) electrons. The summed E-state index contributed by atoms with van der Waals surface area (Å²) >= 11 is 0. The minimum Gasteiger partial charge on any atom is -0.381 e. The third kappa shape index (κ3) is 4.34. The quantitative estimate of drug-likeness (QED) is 0.827. The second-order valence-electron chi connectivity index (χ2n) is 5.76. The van der Waals surface area contributed by atoms with Crippen LogP contribution in [0.25, 0.3) is 0 Å². The first-order valence-corrected chi connectivity index (χ1v) is 7.53. The first-order chi connectivity index (χ1) is 9.69. The summed E-state index contributed by atoms with van der Waals surface area (Å²) in [6.45, 7) is 3.74. The maximum absolute atomic E-state index is 12.1. The second kappa shape index (κ2) is 7.44. The van der Waals surface area contributed by atoms with Gasteiger partial charge in [-0.25, -0.2) is 0 Å². The van der Waals surface area contributed by atoms with E-state index in [-0.39, 0.29) is 12.0 Å². The molecule has 1 aromatic carbocycles. The van der Waals surface area contributed by atoms with Crippen LogP contribution in [0.5, 0.6) is 0 Å². The van der Waals surface area contributed by atoms with E-state index < -0.39 is 0 Å². The molecule has 0 aromatic heterocycles. The van der Waals surface area contributed by atoms with Gasteiger partial charge in [-0.15, -0.1) is 0 Å². The molecule has 0 unspecified atom stereocenters. The molecule has 2 rings (SSSR count). The minimum atomic E-state index is 0.0181. The zero-order chi connectivity index (χ0) is 14.4. The molecule has 1 saturated heterocycles. The van der Waals surface area contributed by atoms with Crippen molar-refractivity contribution < 1.29 is 9.53 Å². The first-order valence-electron chi connectivity index (χ1n) is 7.53. The number of amides is 1. The first kappa shape index (κ1) is 15.0. The molecule has 3 nitrogen and oxygen atoms in total. The van der Waals surface area contributed by atoms with Crippen molar-refractivity contribution in [1.82, 2.24) is 4.90 Å². The van der Waals surface area contributed by atoms with Crippen molar-refractivity contribution in [2.45, 2.75) is 38.7 Å². The highest BCUT2D eigenvalue weighted by Gasteiger charge is 2.23. The third-order valence-electron chi connectivity index (χ3n) is 4.20. The molecule has 20 heavy (non-hydrogen) atoms. The van der Waals surface area contributed by atoms with Crippen LogP contribution >= 0.6 is 0 Å². The van der Waals surface area contributed by atoms with E-state index in [0.29, 0.717) is 12.3 Å². The lowest BCUT2D eigenvalue weighted by molar-refractivity contribution is -0.134. The highest BCUT2D eigenvalue weighted by Crippen LogP contribution is 2.22. The summed E-state index contributed by atoms with van der Waals surface area (Å²) in [6, 6.07) is 10.6. The van der Waals surface area contributed by atoms with Gasteiger partial charge in [-0.3, -0.25) is 4.79 Å². The molecule has 1 aromatic rings. The summed E-state index contributed by atoms with van der Waals surface area (Å²) in [6.07, 6.45) is 3.88. The Hall–Kier alpha value is -1.35. The van der Waals surface area contributed by atoms with E-state index in [0.717, 1.165) is 32.4 Å². The minimum absolute atomic E-state index is 0.0181. The SMILES string of the molecule is CO[C@@H](C)CC(=O)N1CCC(Cc2ccccc2)CC1. The molecular formula is C17H25NO2. The molecule has 1 amide bonds. The van der Waals surface area contributed by atoms with Gasteiger partial charge in [0.25, 0.3) is 0 Å². The summed E-state index contributed by atoms with van der Waals surface area (Å²) in [5.74, 6) is 0.943. The van der Waals surface area contributed by atoms with E-state index in [1.54, 1.807) is 7.11 Å². The largest absolute Gasteiger partial charge is 0.381 e. The van der Waals surface area contributed by atoms with Gasteiger partial charge in [-0.2, -0.15) is 0 Å². The van der Waals surface area contributed by atoms with Gasteiger partial charge in [-0.1, -0.05) is 30.3 Å². The number of carbonyl (C=O) groups excluding carboxylic acids is 1. The molecule has 1 aliphatic rings. The maximum Gasteiger partial charge on any atom is 0.225 e. The Morgan fingerprint density at radius 1 is 1.30 bits per heavy atom. The topological polar surface area (TPSA) is 29.5 Å². The van der Waals surface area contributed by atoms with Crippen LogP contribution in [0.4, 0.5) is 0 Å². The average Bonchev–Trinajstić information content (AvgIpc) is 2.49. The van der Waals surface area contributed by atoms with E-state index in [4.69, 9.17) is 4.74 Å². The van der Waals surface area contributed by atoms with Crippen LogP contribution in [0, 0.1) is 5.92 Å². The molecule has 0 bridgehead atoms. The Morgan fingerprint density at radius 2 is 1.95 bits per heavy atom.